The van der Waals surface area contributed by atoms with Gasteiger partial charge in [0.1, 0.15) is 6.29 Å². The Balaban J connectivity index is 0.00000196. The van der Waals surface area contributed by atoms with Crippen molar-refractivity contribution in [2.24, 2.45) is 0 Å². The molecule has 1 atom stereocenters. The zero-order valence-electron chi connectivity index (χ0n) is 8.07. The SMILES string of the molecule is C.CC(CC=O)NC(=O)c1ccccc1. The molecule has 0 fully saturated rings. The second-order valence-corrected chi connectivity index (χ2v) is 3.14. The highest BCUT2D eigenvalue weighted by Gasteiger charge is 2.07. The highest BCUT2D eigenvalue weighted by Crippen LogP contribution is 1.99. The minimum Gasteiger partial charge on any atom is -0.349 e. The fourth-order valence-corrected chi connectivity index (χ4v) is 1.10. The summed E-state index contributed by atoms with van der Waals surface area (Å²) in [5.74, 6) is -0.139. The molecule has 1 rings (SSSR count). The van der Waals surface area contributed by atoms with Gasteiger partial charge in [0.05, 0.1) is 0 Å². The maximum Gasteiger partial charge on any atom is 0.251 e. The van der Waals surface area contributed by atoms with E-state index in [-0.39, 0.29) is 19.4 Å². The lowest BCUT2D eigenvalue weighted by Gasteiger charge is -2.10. The zero-order chi connectivity index (χ0) is 10.4. The van der Waals surface area contributed by atoms with Crippen LogP contribution in [0.3, 0.4) is 0 Å². The molecule has 0 heterocycles. The molecule has 0 aromatic heterocycles. The van der Waals surface area contributed by atoms with Gasteiger partial charge >= 0.3 is 0 Å². The van der Waals surface area contributed by atoms with Crippen molar-refractivity contribution in [2.45, 2.75) is 26.8 Å². The number of hydrogen-bond donors (Lipinski definition) is 1. The van der Waals surface area contributed by atoms with Gasteiger partial charge in [-0.2, -0.15) is 0 Å². The van der Waals surface area contributed by atoms with E-state index in [1.165, 1.54) is 0 Å². The number of benzene rings is 1. The molecule has 15 heavy (non-hydrogen) atoms. The molecule has 82 valence electrons. The summed E-state index contributed by atoms with van der Waals surface area (Å²) in [6.45, 7) is 1.80. The van der Waals surface area contributed by atoms with Gasteiger partial charge in [-0.05, 0) is 19.1 Å². The van der Waals surface area contributed by atoms with Crippen LogP contribution in [0.1, 0.15) is 31.1 Å². The monoisotopic (exact) mass is 207 g/mol. The van der Waals surface area contributed by atoms with E-state index in [9.17, 15) is 9.59 Å². The summed E-state index contributed by atoms with van der Waals surface area (Å²) in [7, 11) is 0. The van der Waals surface area contributed by atoms with Crippen LogP contribution in [0.15, 0.2) is 30.3 Å². The maximum absolute atomic E-state index is 11.5. The molecular weight excluding hydrogens is 190 g/mol. The zero-order valence-corrected chi connectivity index (χ0v) is 8.07. The number of rotatable bonds is 4. The highest BCUT2D eigenvalue weighted by molar-refractivity contribution is 5.94. The van der Waals surface area contributed by atoms with Crippen molar-refractivity contribution >= 4 is 12.2 Å². The van der Waals surface area contributed by atoms with Crippen LogP contribution in [0.4, 0.5) is 0 Å². The summed E-state index contributed by atoms with van der Waals surface area (Å²) in [6, 6.07) is 8.83. The van der Waals surface area contributed by atoms with E-state index < -0.39 is 0 Å². The summed E-state index contributed by atoms with van der Waals surface area (Å²) < 4.78 is 0. The molecule has 0 saturated heterocycles. The minimum atomic E-state index is -0.139. The van der Waals surface area contributed by atoms with Crippen molar-refractivity contribution in [1.82, 2.24) is 5.32 Å². The molecule has 0 spiro atoms. The van der Waals surface area contributed by atoms with Crippen LogP contribution in [0, 0.1) is 0 Å². The molecule has 0 aliphatic carbocycles. The first-order chi connectivity index (χ1) is 6.74. The number of aldehydes is 1. The quantitative estimate of drug-likeness (QED) is 0.768. The standard InChI is InChI=1S/C11H13NO2.CH4/c1-9(7-8-13)12-11(14)10-5-3-2-4-6-10;/h2-6,8-9H,7H2,1H3,(H,12,14);1H4. The Morgan fingerprint density at radius 3 is 2.53 bits per heavy atom. The van der Waals surface area contributed by atoms with Crippen LogP contribution in [-0.2, 0) is 4.79 Å². The smallest absolute Gasteiger partial charge is 0.251 e. The Labute approximate surface area is 90.5 Å². The average molecular weight is 207 g/mol. The lowest BCUT2D eigenvalue weighted by Crippen LogP contribution is -2.32. The highest BCUT2D eigenvalue weighted by atomic mass is 16.1. The van der Waals surface area contributed by atoms with Gasteiger partial charge < -0.3 is 10.1 Å². The topological polar surface area (TPSA) is 46.2 Å². The van der Waals surface area contributed by atoms with Gasteiger partial charge in [0.15, 0.2) is 0 Å². The summed E-state index contributed by atoms with van der Waals surface area (Å²) in [5.41, 5.74) is 0.616. The van der Waals surface area contributed by atoms with E-state index in [2.05, 4.69) is 5.32 Å². The Morgan fingerprint density at radius 1 is 1.40 bits per heavy atom. The first-order valence-corrected chi connectivity index (χ1v) is 4.53. The molecular formula is C12H17NO2. The second-order valence-electron chi connectivity index (χ2n) is 3.14. The molecule has 0 aliphatic rings. The van der Waals surface area contributed by atoms with Crippen LogP contribution in [0.2, 0.25) is 0 Å². The molecule has 0 aliphatic heterocycles. The van der Waals surface area contributed by atoms with E-state index >= 15 is 0 Å². The fourth-order valence-electron chi connectivity index (χ4n) is 1.10. The van der Waals surface area contributed by atoms with Crippen LogP contribution in [-0.4, -0.2) is 18.2 Å². The van der Waals surface area contributed by atoms with E-state index in [4.69, 9.17) is 0 Å². The average Bonchev–Trinajstić information content (AvgIpc) is 2.19. The lowest BCUT2D eigenvalue weighted by molar-refractivity contribution is -0.108. The Kier molecular flexibility index (Phi) is 6.02. The number of amides is 1. The van der Waals surface area contributed by atoms with Crippen molar-refractivity contribution in [3.8, 4) is 0 Å². The Hall–Kier alpha value is -1.64. The van der Waals surface area contributed by atoms with Crippen LogP contribution in [0.25, 0.3) is 0 Å². The third-order valence-corrected chi connectivity index (χ3v) is 1.86. The van der Waals surface area contributed by atoms with Crippen molar-refractivity contribution in [3.63, 3.8) is 0 Å². The van der Waals surface area contributed by atoms with Gasteiger partial charge in [0.2, 0.25) is 0 Å². The van der Waals surface area contributed by atoms with E-state index in [0.29, 0.717) is 12.0 Å². The van der Waals surface area contributed by atoms with Crippen LogP contribution >= 0.6 is 0 Å². The predicted octanol–water partition coefficient (Wildman–Crippen LogP) is 2.03. The molecule has 1 amide bonds. The Bertz CT molecular complexity index is 309. The predicted molar refractivity (Wildman–Crippen MR) is 60.8 cm³/mol. The molecule has 3 heteroatoms. The van der Waals surface area contributed by atoms with Crippen molar-refractivity contribution in [1.29, 1.82) is 0 Å². The summed E-state index contributed by atoms with van der Waals surface area (Å²) in [4.78, 5) is 21.7. The molecule has 0 radical (unpaired) electrons. The van der Waals surface area contributed by atoms with E-state index in [0.717, 1.165) is 6.29 Å². The number of nitrogens with one attached hydrogen (secondary N) is 1. The molecule has 1 unspecified atom stereocenters. The van der Waals surface area contributed by atoms with Crippen LogP contribution < -0.4 is 5.32 Å². The largest absolute Gasteiger partial charge is 0.349 e. The summed E-state index contributed by atoms with van der Waals surface area (Å²) in [5, 5.41) is 2.73. The summed E-state index contributed by atoms with van der Waals surface area (Å²) in [6.07, 6.45) is 1.15. The first kappa shape index (κ1) is 13.4. The van der Waals surface area contributed by atoms with Gasteiger partial charge in [-0.25, -0.2) is 0 Å². The minimum absolute atomic E-state index is 0. The third-order valence-electron chi connectivity index (χ3n) is 1.86. The van der Waals surface area contributed by atoms with Crippen LogP contribution in [0.5, 0.6) is 0 Å². The van der Waals surface area contributed by atoms with Crippen molar-refractivity contribution in [2.75, 3.05) is 0 Å². The van der Waals surface area contributed by atoms with Gasteiger partial charge in [-0.15, -0.1) is 0 Å². The molecule has 0 saturated carbocycles. The van der Waals surface area contributed by atoms with Gasteiger partial charge in [0, 0.05) is 18.0 Å². The van der Waals surface area contributed by atoms with E-state index in [1.54, 1.807) is 31.2 Å². The molecule has 1 aromatic rings. The van der Waals surface area contributed by atoms with E-state index in [1.807, 2.05) is 6.07 Å². The number of carbonyl (C=O) groups is 2. The molecule has 1 aromatic carbocycles. The maximum atomic E-state index is 11.5. The molecule has 1 N–H and O–H groups in total. The van der Waals surface area contributed by atoms with Gasteiger partial charge in [-0.3, -0.25) is 4.79 Å². The van der Waals surface area contributed by atoms with Gasteiger partial charge in [-0.1, -0.05) is 25.6 Å². The van der Waals surface area contributed by atoms with Crippen molar-refractivity contribution < 1.29 is 9.59 Å². The number of carbonyl (C=O) groups excluding carboxylic acids is 2. The molecule has 3 nitrogen and oxygen atoms in total. The Morgan fingerprint density at radius 2 is 2.00 bits per heavy atom. The number of hydrogen-bond acceptors (Lipinski definition) is 2. The normalized spacial score (nSPS) is 11.0. The molecule has 0 bridgehead atoms. The van der Waals surface area contributed by atoms with Crippen molar-refractivity contribution in [3.05, 3.63) is 35.9 Å². The fraction of sp³-hybridized carbons (Fsp3) is 0.333. The summed E-state index contributed by atoms with van der Waals surface area (Å²) >= 11 is 0. The second kappa shape index (κ2) is 6.76. The lowest BCUT2D eigenvalue weighted by atomic mass is 10.2. The van der Waals surface area contributed by atoms with Gasteiger partial charge in [0.25, 0.3) is 5.91 Å². The first-order valence-electron chi connectivity index (χ1n) is 4.53. The third kappa shape index (κ3) is 4.40.